The lowest BCUT2D eigenvalue weighted by atomic mass is 9.91. The Hall–Kier alpha value is -0.990. The van der Waals surface area contributed by atoms with Crippen molar-refractivity contribution in [1.29, 1.82) is 0 Å². The Kier molecular flexibility index (Phi) is 4.02. The molecule has 3 aliphatic rings. The van der Waals surface area contributed by atoms with Gasteiger partial charge in [-0.3, -0.25) is 4.90 Å². The van der Waals surface area contributed by atoms with Gasteiger partial charge in [0.15, 0.2) is 0 Å². The predicted octanol–water partition coefficient (Wildman–Crippen LogP) is 4.66. The van der Waals surface area contributed by atoms with Crippen molar-refractivity contribution in [3.05, 3.63) is 11.6 Å². The van der Waals surface area contributed by atoms with E-state index in [-0.39, 0.29) is 12.1 Å². The third-order valence-electron chi connectivity index (χ3n) is 5.10. The summed E-state index contributed by atoms with van der Waals surface area (Å²) in [7, 11) is 0. The molecule has 1 saturated carbocycles. The smallest absolute Gasteiger partial charge is 0.411 e. The minimum atomic E-state index is -0.398. The lowest BCUT2D eigenvalue weighted by Gasteiger charge is -2.35. The standard InChI is InChI=1S/C18H29NO2/c1-18(2,3)21-17(20)19-15-8-9-16(19)12-14(11-15)10-13-6-4-5-7-13/h11,13,15-16H,4-10,12H2,1-3H3. The fraction of sp³-hybridized carbons (Fsp3) is 0.833. The molecule has 2 heterocycles. The molecule has 2 unspecified atom stereocenters. The van der Waals surface area contributed by atoms with E-state index in [1.165, 1.54) is 32.1 Å². The first-order chi connectivity index (χ1) is 9.92. The number of amides is 1. The average Bonchev–Trinajstić information content (AvgIpc) is 2.94. The molecule has 2 aliphatic heterocycles. The van der Waals surface area contributed by atoms with Crippen LogP contribution in [0.2, 0.25) is 0 Å². The highest BCUT2D eigenvalue weighted by atomic mass is 16.6. The molecule has 1 aliphatic carbocycles. The van der Waals surface area contributed by atoms with Gasteiger partial charge >= 0.3 is 6.09 Å². The van der Waals surface area contributed by atoms with Crippen LogP contribution in [0.5, 0.6) is 0 Å². The highest BCUT2D eigenvalue weighted by molar-refractivity contribution is 5.70. The van der Waals surface area contributed by atoms with Crippen LogP contribution in [0.3, 0.4) is 0 Å². The third kappa shape index (κ3) is 3.44. The van der Waals surface area contributed by atoms with E-state index in [9.17, 15) is 4.79 Å². The normalized spacial score (nSPS) is 29.7. The molecule has 1 amide bonds. The van der Waals surface area contributed by atoms with Crippen LogP contribution in [-0.4, -0.2) is 28.7 Å². The SMILES string of the molecule is CC(C)(C)OC(=O)N1C2C=C(CC3CCCC3)CC1CC2. The number of carbonyl (C=O) groups is 1. The zero-order valence-corrected chi connectivity index (χ0v) is 13.7. The number of ether oxygens (including phenoxy) is 1. The van der Waals surface area contributed by atoms with Gasteiger partial charge in [0.1, 0.15) is 5.60 Å². The Balaban J connectivity index is 1.64. The fourth-order valence-electron chi connectivity index (χ4n) is 4.25. The van der Waals surface area contributed by atoms with Crippen molar-refractivity contribution < 1.29 is 9.53 Å². The van der Waals surface area contributed by atoms with Gasteiger partial charge < -0.3 is 4.74 Å². The van der Waals surface area contributed by atoms with Crippen molar-refractivity contribution in [2.75, 3.05) is 0 Å². The van der Waals surface area contributed by atoms with Crippen LogP contribution in [0.1, 0.15) is 72.1 Å². The summed E-state index contributed by atoms with van der Waals surface area (Å²) in [4.78, 5) is 14.4. The van der Waals surface area contributed by atoms with E-state index in [4.69, 9.17) is 4.74 Å². The highest BCUT2D eigenvalue weighted by Gasteiger charge is 2.41. The van der Waals surface area contributed by atoms with Crippen LogP contribution in [0.4, 0.5) is 4.79 Å². The maximum Gasteiger partial charge on any atom is 0.411 e. The van der Waals surface area contributed by atoms with Crippen molar-refractivity contribution in [2.45, 2.75) is 89.8 Å². The summed E-state index contributed by atoms with van der Waals surface area (Å²) in [6.45, 7) is 5.83. The predicted molar refractivity (Wildman–Crippen MR) is 84.2 cm³/mol. The van der Waals surface area contributed by atoms with Crippen LogP contribution < -0.4 is 0 Å². The second-order valence-corrected chi connectivity index (χ2v) is 8.07. The molecule has 0 N–H and O–H groups in total. The van der Waals surface area contributed by atoms with Gasteiger partial charge in [0.05, 0.1) is 6.04 Å². The van der Waals surface area contributed by atoms with E-state index >= 15 is 0 Å². The van der Waals surface area contributed by atoms with E-state index in [0.717, 1.165) is 25.2 Å². The van der Waals surface area contributed by atoms with Crippen LogP contribution >= 0.6 is 0 Å². The van der Waals surface area contributed by atoms with Crippen LogP contribution in [-0.2, 0) is 4.74 Å². The zero-order chi connectivity index (χ0) is 15.0. The second kappa shape index (κ2) is 5.66. The van der Waals surface area contributed by atoms with E-state index in [1.54, 1.807) is 5.57 Å². The molecular weight excluding hydrogens is 262 g/mol. The van der Waals surface area contributed by atoms with Crippen molar-refractivity contribution in [1.82, 2.24) is 4.90 Å². The van der Waals surface area contributed by atoms with E-state index < -0.39 is 5.60 Å². The summed E-state index contributed by atoms with van der Waals surface area (Å²) in [5.74, 6) is 0.906. The molecule has 118 valence electrons. The molecule has 21 heavy (non-hydrogen) atoms. The molecule has 2 fully saturated rings. The largest absolute Gasteiger partial charge is 0.444 e. The number of carbonyl (C=O) groups excluding carboxylic acids is 1. The molecule has 0 radical (unpaired) electrons. The first kappa shape index (κ1) is 14.9. The number of rotatable bonds is 2. The Morgan fingerprint density at radius 2 is 1.95 bits per heavy atom. The topological polar surface area (TPSA) is 29.5 Å². The molecule has 2 bridgehead atoms. The molecule has 1 saturated heterocycles. The van der Waals surface area contributed by atoms with Gasteiger partial charge in [-0.25, -0.2) is 4.79 Å². The molecule has 0 aromatic carbocycles. The zero-order valence-electron chi connectivity index (χ0n) is 13.7. The lowest BCUT2D eigenvalue weighted by molar-refractivity contribution is 0.0165. The number of hydrogen-bond acceptors (Lipinski definition) is 2. The molecule has 0 aromatic rings. The van der Waals surface area contributed by atoms with Gasteiger partial charge in [0, 0.05) is 6.04 Å². The highest BCUT2D eigenvalue weighted by Crippen LogP contribution is 2.40. The average molecular weight is 291 g/mol. The Morgan fingerprint density at radius 3 is 2.57 bits per heavy atom. The molecular formula is C18H29NO2. The summed E-state index contributed by atoms with van der Waals surface area (Å²) in [6.07, 6.45) is 12.5. The Labute approximate surface area is 128 Å². The summed E-state index contributed by atoms with van der Waals surface area (Å²) in [5.41, 5.74) is 1.21. The summed E-state index contributed by atoms with van der Waals surface area (Å²) >= 11 is 0. The maximum atomic E-state index is 12.4. The van der Waals surface area contributed by atoms with Crippen molar-refractivity contribution in [2.24, 2.45) is 5.92 Å². The van der Waals surface area contributed by atoms with E-state index in [2.05, 4.69) is 6.08 Å². The van der Waals surface area contributed by atoms with E-state index in [1.807, 2.05) is 25.7 Å². The van der Waals surface area contributed by atoms with Crippen LogP contribution in [0, 0.1) is 5.92 Å². The van der Waals surface area contributed by atoms with Gasteiger partial charge in [0.2, 0.25) is 0 Å². The number of nitrogens with zero attached hydrogens (tertiary/aromatic N) is 1. The maximum absolute atomic E-state index is 12.4. The second-order valence-electron chi connectivity index (χ2n) is 8.07. The monoisotopic (exact) mass is 291 g/mol. The summed E-state index contributed by atoms with van der Waals surface area (Å²) < 4.78 is 5.58. The Morgan fingerprint density at radius 1 is 1.24 bits per heavy atom. The lowest BCUT2D eigenvalue weighted by Crippen LogP contribution is -2.45. The van der Waals surface area contributed by atoms with Crippen molar-refractivity contribution >= 4 is 6.09 Å². The van der Waals surface area contributed by atoms with Crippen LogP contribution in [0.15, 0.2) is 11.6 Å². The van der Waals surface area contributed by atoms with E-state index in [0.29, 0.717) is 6.04 Å². The minimum absolute atomic E-state index is 0.119. The number of fused-ring (bicyclic) bond motifs is 2. The Bertz CT molecular complexity index is 429. The summed E-state index contributed by atoms with van der Waals surface area (Å²) in [5, 5.41) is 0. The van der Waals surface area contributed by atoms with Gasteiger partial charge in [-0.05, 0) is 52.4 Å². The molecule has 2 atom stereocenters. The van der Waals surface area contributed by atoms with Gasteiger partial charge in [-0.1, -0.05) is 37.3 Å². The first-order valence-electron chi connectivity index (χ1n) is 8.63. The quantitative estimate of drug-likeness (QED) is 0.692. The van der Waals surface area contributed by atoms with Crippen LogP contribution in [0.25, 0.3) is 0 Å². The van der Waals surface area contributed by atoms with Crippen molar-refractivity contribution in [3.8, 4) is 0 Å². The molecule has 0 aromatic heterocycles. The molecule has 3 nitrogen and oxygen atoms in total. The number of hydrogen-bond donors (Lipinski definition) is 0. The van der Waals surface area contributed by atoms with Gasteiger partial charge in [-0.15, -0.1) is 0 Å². The third-order valence-corrected chi connectivity index (χ3v) is 5.10. The minimum Gasteiger partial charge on any atom is -0.444 e. The fourth-order valence-corrected chi connectivity index (χ4v) is 4.25. The molecule has 0 spiro atoms. The van der Waals surface area contributed by atoms with Crippen molar-refractivity contribution in [3.63, 3.8) is 0 Å². The van der Waals surface area contributed by atoms with Gasteiger partial charge in [0.25, 0.3) is 0 Å². The summed E-state index contributed by atoms with van der Waals surface area (Å²) in [6, 6.07) is 0.668. The molecule has 3 heteroatoms. The van der Waals surface area contributed by atoms with Gasteiger partial charge in [-0.2, -0.15) is 0 Å². The first-order valence-corrected chi connectivity index (χ1v) is 8.63. The molecule has 3 rings (SSSR count).